The molecular weight excluding hydrogens is 202 g/mol. The summed E-state index contributed by atoms with van der Waals surface area (Å²) in [7, 11) is -3.06. The Morgan fingerprint density at radius 2 is 1.86 bits per heavy atom. The topological polar surface area (TPSA) is 77.2 Å². The third-order valence-corrected chi connectivity index (χ3v) is 2.80. The highest BCUT2D eigenvalue weighted by Crippen LogP contribution is 2.05. The summed E-state index contributed by atoms with van der Waals surface area (Å²) in [5.41, 5.74) is 5.60. The minimum absolute atomic E-state index is 0.0344. The van der Waals surface area contributed by atoms with Gasteiger partial charge in [0, 0.05) is 12.7 Å². The third-order valence-electron chi connectivity index (χ3n) is 1.86. The lowest BCUT2D eigenvalue weighted by molar-refractivity contribution is -0.120. The van der Waals surface area contributed by atoms with Crippen LogP contribution in [0.5, 0.6) is 0 Å². The Hall–Kier alpha value is -0.420. The minimum Gasteiger partial charge on any atom is -0.322 e. The van der Waals surface area contributed by atoms with Gasteiger partial charge in [-0.2, -0.15) is 0 Å². The van der Waals surface area contributed by atoms with Gasteiger partial charge in [0.1, 0.15) is 9.84 Å². The Kier molecular flexibility index (Phi) is 5.29. The first-order valence-corrected chi connectivity index (χ1v) is 6.74. The molecule has 0 rings (SSSR count). The highest BCUT2D eigenvalue weighted by atomic mass is 32.2. The molecule has 0 fully saturated rings. The summed E-state index contributed by atoms with van der Waals surface area (Å²) in [6, 6.07) is -0.517. The molecule has 2 N–H and O–H groups in total. The van der Waals surface area contributed by atoms with Crippen LogP contribution in [0.25, 0.3) is 0 Å². The maximum atomic E-state index is 11.3. The molecule has 0 saturated heterocycles. The zero-order valence-electron chi connectivity index (χ0n) is 8.99. The van der Waals surface area contributed by atoms with E-state index < -0.39 is 15.9 Å². The van der Waals surface area contributed by atoms with Crippen molar-refractivity contribution in [3.63, 3.8) is 0 Å². The first kappa shape index (κ1) is 13.6. The number of ketones is 1. The molecule has 0 aliphatic rings. The Bertz CT molecular complexity index is 282. The van der Waals surface area contributed by atoms with Crippen LogP contribution in [0.1, 0.15) is 26.7 Å². The van der Waals surface area contributed by atoms with Crippen molar-refractivity contribution in [2.45, 2.75) is 32.7 Å². The lowest BCUT2D eigenvalue weighted by atomic mass is 10.0. The van der Waals surface area contributed by atoms with Gasteiger partial charge in [-0.05, 0) is 12.3 Å². The first-order valence-electron chi connectivity index (χ1n) is 4.68. The van der Waals surface area contributed by atoms with Gasteiger partial charge in [-0.1, -0.05) is 13.8 Å². The molecule has 0 spiro atoms. The summed E-state index contributed by atoms with van der Waals surface area (Å²) in [6.07, 6.45) is 1.77. The van der Waals surface area contributed by atoms with Crippen LogP contribution in [0.3, 0.4) is 0 Å². The van der Waals surface area contributed by atoms with Crippen molar-refractivity contribution in [1.82, 2.24) is 0 Å². The van der Waals surface area contributed by atoms with Crippen molar-refractivity contribution in [3.05, 3.63) is 0 Å². The van der Waals surface area contributed by atoms with Crippen molar-refractivity contribution < 1.29 is 13.2 Å². The molecule has 0 aromatic heterocycles. The van der Waals surface area contributed by atoms with Crippen molar-refractivity contribution in [3.8, 4) is 0 Å². The number of carbonyl (C=O) groups is 1. The molecule has 0 amide bonds. The molecule has 1 unspecified atom stereocenters. The van der Waals surface area contributed by atoms with Crippen LogP contribution in [-0.4, -0.2) is 32.3 Å². The second-order valence-electron chi connectivity index (χ2n) is 4.08. The zero-order valence-corrected chi connectivity index (χ0v) is 9.80. The van der Waals surface area contributed by atoms with E-state index in [1.54, 1.807) is 0 Å². The van der Waals surface area contributed by atoms with Gasteiger partial charge in [0.05, 0.1) is 11.8 Å². The second-order valence-corrected chi connectivity index (χ2v) is 6.34. The van der Waals surface area contributed by atoms with Gasteiger partial charge in [-0.15, -0.1) is 0 Å². The molecule has 1 atom stereocenters. The van der Waals surface area contributed by atoms with E-state index in [-0.39, 0.29) is 18.0 Å². The van der Waals surface area contributed by atoms with Crippen LogP contribution in [-0.2, 0) is 14.6 Å². The van der Waals surface area contributed by atoms with E-state index in [4.69, 9.17) is 5.73 Å². The van der Waals surface area contributed by atoms with Crippen molar-refractivity contribution in [2.75, 3.05) is 12.0 Å². The van der Waals surface area contributed by atoms with Crippen molar-refractivity contribution >= 4 is 15.6 Å². The van der Waals surface area contributed by atoms with Gasteiger partial charge in [0.15, 0.2) is 5.78 Å². The molecule has 0 heterocycles. The Morgan fingerprint density at radius 3 is 2.21 bits per heavy atom. The first-order chi connectivity index (χ1) is 6.22. The van der Waals surface area contributed by atoms with Crippen LogP contribution in [0.2, 0.25) is 0 Å². The molecule has 0 aliphatic carbocycles. The molecule has 0 aromatic carbocycles. The molecule has 0 aliphatic heterocycles. The van der Waals surface area contributed by atoms with E-state index in [1.165, 1.54) is 0 Å². The molecular formula is C9H19NO3S. The summed E-state index contributed by atoms with van der Waals surface area (Å²) in [5, 5.41) is 0. The predicted molar refractivity (Wildman–Crippen MR) is 56.8 cm³/mol. The van der Waals surface area contributed by atoms with Gasteiger partial charge in [0.25, 0.3) is 0 Å². The summed E-state index contributed by atoms with van der Waals surface area (Å²) < 4.78 is 21.6. The maximum Gasteiger partial charge on any atom is 0.150 e. The second kappa shape index (κ2) is 5.46. The smallest absolute Gasteiger partial charge is 0.150 e. The van der Waals surface area contributed by atoms with Gasteiger partial charge in [-0.25, -0.2) is 8.42 Å². The van der Waals surface area contributed by atoms with Gasteiger partial charge in [-0.3, -0.25) is 4.79 Å². The fourth-order valence-electron chi connectivity index (χ4n) is 1.11. The summed E-state index contributed by atoms with van der Waals surface area (Å²) >= 11 is 0. The van der Waals surface area contributed by atoms with E-state index in [9.17, 15) is 13.2 Å². The van der Waals surface area contributed by atoms with Gasteiger partial charge in [0.2, 0.25) is 0 Å². The van der Waals surface area contributed by atoms with Crippen LogP contribution in [0, 0.1) is 5.92 Å². The van der Waals surface area contributed by atoms with E-state index in [0.29, 0.717) is 12.3 Å². The predicted octanol–water partition coefficient (Wildman–Crippen LogP) is 0.364. The Morgan fingerprint density at radius 1 is 1.36 bits per heavy atom. The molecule has 14 heavy (non-hydrogen) atoms. The molecule has 84 valence electrons. The fraction of sp³-hybridized carbons (Fsp3) is 0.889. The van der Waals surface area contributed by atoms with Crippen LogP contribution in [0.4, 0.5) is 0 Å². The number of rotatable bonds is 6. The Labute approximate surface area is 85.8 Å². The van der Waals surface area contributed by atoms with E-state index in [2.05, 4.69) is 0 Å². The van der Waals surface area contributed by atoms with Crippen molar-refractivity contribution in [2.24, 2.45) is 11.7 Å². The third kappa shape index (κ3) is 7.03. The zero-order chi connectivity index (χ0) is 11.4. The van der Waals surface area contributed by atoms with Gasteiger partial charge < -0.3 is 5.73 Å². The Balaban J connectivity index is 3.97. The summed E-state index contributed by atoms with van der Waals surface area (Å²) in [4.78, 5) is 11.3. The average molecular weight is 221 g/mol. The standard InChI is InChI=1S/C9H19NO3S/c1-7(2)6-8(10)9(11)4-5-14(3,12)13/h7-8H,4-6,10H2,1-3H3. The number of hydrogen-bond donors (Lipinski definition) is 1. The highest BCUT2D eigenvalue weighted by molar-refractivity contribution is 7.90. The van der Waals surface area contributed by atoms with E-state index in [1.807, 2.05) is 13.8 Å². The number of Topliss-reactive ketones (excluding diaryl/α,β-unsaturated/α-hetero) is 1. The lowest BCUT2D eigenvalue weighted by Crippen LogP contribution is -2.32. The quantitative estimate of drug-likeness (QED) is 0.702. The van der Waals surface area contributed by atoms with E-state index >= 15 is 0 Å². The maximum absolute atomic E-state index is 11.3. The largest absolute Gasteiger partial charge is 0.322 e. The van der Waals surface area contributed by atoms with Gasteiger partial charge >= 0.3 is 0 Å². The summed E-state index contributed by atoms with van der Waals surface area (Å²) in [6.45, 7) is 3.95. The summed E-state index contributed by atoms with van der Waals surface area (Å²) in [5.74, 6) is 0.0915. The van der Waals surface area contributed by atoms with Crippen LogP contribution >= 0.6 is 0 Å². The molecule has 4 nitrogen and oxygen atoms in total. The van der Waals surface area contributed by atoms with E-state index in [0.717, 1.165) is 6.26 Å². The lowest BCUT2D eigenvalue weighted by Gasteiger charge is -2.12. The highest BCUT2D eigenvalue weighted by Gasteiger charge is 2.16. The monoisotopic (exact) mass is 221 g/mol. The number of sulfone groups is 1. The molecule has 0 saturated carbocycles. The van der Waals surface area contributed by atoms with Crippen molar-refractivity contribution in [1.29, 1.82) is 0 Å². The minimum atomic E-state index is -3.06. The fourth-order valence-corrected chi connectivity index (χ4v) is 1.68. The number of hydrogen-bond acceptors (Lipinski definition) is 4. The molecule has 0 radical (unpaired) electrons. The van der Waals surface area contributed by atoms with Crippen LogP contribution in [0.15, 0.2) is 0 Å². The molecule has 0 aromatic rings. The average Bonchev–Trinajstić information content (AvgIpc) is 1.97. The molecule has 5 heteroatoms. The number of carbonyl (C=O) groups excluding carboxylic acids is 1. The SMILES string of the molecule is CC(C)CC(N)C(=O)CCS(C)(=O)=O. The van der Waals surface area contributed by atoms with Crippen LogP contribution < -0.4 is 5.73 Å². The normalized spacial score (nSPS) is 14.4. The molecule has 0 bridgehead atoms. The number of nitrogens with two attached hydrogens (primary N) is 1.